The molecule has 2 aliphatic rings. The third kappa shape index (κ3) is 6.49. The van der Waals surface area contributed by atoms with Crippen LogP contribution in [0.2, 0.25) is 0 Å². The van der Waals surface area contributed by atoms with Gasteiger partial charge in [-0.15, -0.1) is 0 Å². The number of allylic oxidation sites excluding steroid dienone is 1. The Morgan fingerprint density at radius 1 is 1.19 bits per heavy atom. The van der Waals surface area contributed by atoms with Crippen LogP contribution >= 0.6 is 0 Å². The number of H-pyrrole nitrogens is 1. The summed E-state index contributed by atoms with van der Waals surface area (Å²) in [7, 11) is 0. The maximum atomic E-state index is 13.4. The lowest BCUT2D eigenvalue weighted by Crippen LogP contribution is -2.54. The van der Waals surface area contributed by atoms with Crippen molar-refractivity contribution in [1.29, 1.82) is 0 Å². The van der Waals surface area contributed by atoms with Crippen molar-refractivity contribution in [2.24, 2.45) is 11.7 Å². The number of primary amides is 1. The lowest BCUT2D eigenvalue weighted by molar-refractivity contribution is -0.122. The minimum Gasteiger partial charge on any atom is -0.368 e. The average molecular weight is 508 g/mol. The fourth-order valence-corrected chi connectivity index (χ4v) is 5.83. The number of piperidine rings is 1. The van der Waals surface area contributed by atoms with Crippen LogP contribution in [0.25, 0.3) is 12.2 Å². The maximum Gasteiger partial charge on any atom is 0.321 e. The number of nitrogens with one attached hydrogen (secondary N) is 3. The zero-order valence-corrected chi connectivity index (χ0v) is 21.5. The molecule has 2 fully saturated rings. The van der Waals surface area contributed by atoms with E-state index in [1.54, 1.807) is 17.0 Å². The highest BCUT2D eigenvalue weighted by molar-refractivity contribution is 5.89. The van der Waals surface area contributed by atoms with Crippen LogP contribution in [0.1, 0.15) is 56.9 Å². The molecule has 0 bridgehead atoms. The van der Waals surface area contributed by atoms with E-state index in [2.05, 4.69) is 40.5 Å². The van der Waals surface area contributed by atoms with E-state index in [0.717, 1.165) is 31.0 Å². The number of aromatic amines is 1. The van der Waals surface area contributed by atoms with Crippen molar-refractivity contribution in [3.8, 4) is 0 Å². The molecule has 3 amide bonds. The van der Waals surface area contributed by atoms with E-state index < -0.39 is 11.9 Å². The van der Waals surface area contributed by atoms with E-state index in [0.29, 0.717) is 37.5 Å². The minimum absolute atomic E-state index is 0.0783. The number of nitrogens with zero attached hydrogens (tertiary/aromatic N) is 1. The number of hydrogen-bond donors (Lipinski definition) is 4. The molecule has 2 heterocycles. The zero-order chi connectivity index (χ0) is 26.4. The molecule has 198 valence electrons. The standard InChI is InChI=1S/C29H38FN5O2/c1-3-6-24-25(18-32-26(24)4-2)19-9-11-22(12-10-19)33-27(28(31)36)20-13-15-35(16-14-20)29(37)34-23-8-5-7-21(30)17-23/h3-8,17-20,22,27,32-33H,1,9-16H2,2H3,(H2,31,36)(H,34,37). The zero-order valence-electron chi connectivity index (χ0n) is 21.5. The van der Waals surface area contributed by atoms with E-state index in [1.165, 1.54) is 22.9 Å². The summed E-state index contributed by atoms with van der Waals surface area (Å²) in [5, 5.41) is 8.66. The Kier molecular flexibility index (Phi) is 8.82. The highest BCUT2D eigenvalue weighted by Crippen LogP contribution is 2.32. The summed E-state index contributed by atoms with van der Waals surface area (Å²) in [6.07, 6.45) is 13.5. The highest BCUT2D eigenvalue weighted by Gasteiger charge is 2.34. The Morgan fingerprint density at radius 3 is 2.54 bits per heavy atom. The second-order valence-corrected chi connectivity index (χ2v) is 10.1. The molecule has 37 heavy (non-hydrogen) atoms. The second kappa shape index (κ2) is 12.2. The molecule has 0 radical (unpaired) electrons. The highest BCUT2D eigenvalue weighted by atomic mass is 19.1. The van der Waals surface area contributed by atoms with Gasteiger partial charge in [-0.1, -0.05) is 30.9 Å². The molecule has 1 aliphatic carbocycles. The Balaban J connectivity index is 1.30. The summed E-state index contributed by atoms with van der Waals surface area (Å²) in [5.41, 5.74) is 7.60. The first-order chi connectivity index (χ1) is 17.9. The number of urea groups is 1. The molecule has 1 aromatic carbocycles. The van der Waals surface area contributed by atoms with Gasteiger partial charge in [-0.3, -0.25) is 4.79 Å². The first-order valence-corrected chi connectivity index (χ1v) is 13.2. The molecule has 4 rings (SSSR count). The number of likely N-dealkylation sites (tertiary alicyclic amines) is 1. The molecule has 1 saturated heterocycles. The number of benzene rings is 1. The topological polar surface area (TPSA) is 103 Å². The molecule has 8 heteroatoms. The smallest absolute Gasteiger partial charge is 0.321 e. The number of carbonyl (C=O) groups is 2. The van der Waals surface area contributed by atoms with Gasteiger partial charge in [0.2, 0.25) is 5.91 Å². The summed E-state index contributed by atoms with van der Waals surface area (Å²) >= 11 is 0. The SMILES string of the molecule is C=CC=c1c(C2CCC(NC(C(N)=O)C3CCN(C(=O)Nc4cccc(F)c4)CC3)CC2)c[nH]c1=CC. The van der Waals surface area contributed by atoms with Crippen LogP contribution in [-0.4, -0.2) is 47.0 Å². The van der Waals surface area contributed by atoms with Gasteiger partial charge in [-0.25, -0.2) is 9.18 Å². The van der Waals surface area contributed by atoms with Crippen molar-refractivity contribution >= 4 is 29.8 Å². The van der Waals surface area contributed by atoms with Crippen LogP contribution in [0.3, 0.4) is 0 Å². The van der Waals surface area contributed by atoms with Gasteiger partial charge in [-0.2, -0.15) is 0 Å². The van der Waals surface area contributed by atoms with Crippen LogP contribution in [-0.2, 0) is 4.79 Å². The molecule has 1 aromatic heterocycles. The van der Waals surface area contributed by atoms with Crippen LogP contribution in [0.4, 0.5) is 14.9 Å². The summed E-state index contributed by atoms with van der Waals surface area (Å²) in [6.45, 7) is 6.94. The molecule has 7 nitrogen and oxygen atoms in total. The normalized spacial score (nSPS) is 22.6. The van der Waals surface area contributed by atoms with Gasteiger partial charge in [-0.05, 0) is 81.0 Å². The molecule has 0 spiro atoms. The van der Waals surface area contributed by atoms with Gasteiger partial charge in [0.25, 0.3) is 0 Å². The average Bonchev–Trinajstić information content (AvgIpc) is 3.30. The Bertz CT molecular complexity index is 1220. The van der Waals surface area contributed by atoms with Crippen LogP contribution in [0, 0.1) is 11.7 Å². The van der Waals surface area contributed by atoms with Gasteiger partial charge >= 0.3 is 6.03 Å². The van der Waals surface area contributed by atoms with Crippen LogP contribution in [0.5, 0.6) is 0 Å². The van der Waals surface area contributed by atoms with Crippen molar-refractivity contribution < 1.29 is 14.0 Å². The largest absolute Gasteiger partial charge is 0.368 e. The van der Waals surface area contributed by atoms with E-state index in [1.807, 2.05) is 13.0 Å². The molecule has 1 atom stereocenters. The van der Waals surface area contributed by atoms with Gasteiger partial charge in [0, 0.05) is 41.6 Å². The van der Waals surface area contributed by atoms with E-state index in [4.69, 9.17) is 5.73 Å². The first-order valence-electron chi connectivity index (χ1n) is 13.2. The van der Waals surface area contributed by atoms with Crippen molar-refractivity contribution in [3.63, 3.8) is 0 Å². The number of rotatable bonds is 7. The number of hydrogen-bond acceptors (Lipinski definition) is 3. The van der Waals surface area contributed by atoms with Crippen molar-refractivity contribution in [3.05, 3.63) is 65.1 Å². The summed E-state index contributed by atoms with van der Waals surface area (Å²) in [4.78, 5) is 30.1. The summed E-state index contributed by atoms with van der Waals surface area (Å²) < 4.78 is 13.4. The predicted molar refractivity (Wildman–Crippen MR) is 146 cm³/mol. The van der Waals surface area contributed by atoms with Crippen molar-refractivity contribution in [2.75, 3.05) is 18.4 Å². The van der Waals surface area contributed by atoms with Gasteiger partial charge < -0.3 is 26.3 Å². The molecule has 2 aromatic rings. The molecule has 1 saturated carbocycles. The first kappa shape index (κ1) is 26.7. The Hall–Kier alpha value is -3.39. The number of halogens is 1. The van der Waals surface area contributed by atoms with E-state index >= 15 is 0 Å². The van der Waals surface area contributed by atoms with E-state index in [9.17, 15) is 14.0 Å². The fourth-order valence-electron chi connectivity index (χ4n) is 5.83. The maximum absolute atomic E-state index is 13.4. The molecule has 5 N–H and O–H groups in total. The van der Waals surface area contributed by atoms with Crippen molar-refractivity contribution in [2.45, 2.75) is 63.5 Å². The van der Waals surface area contributed by atoms with Gasteiger partial charge in [0.15, 0.2) is 0 Å². The summed E-state index contributed by atoms with van der Waals surface area (Å²) in [5.74, 6) is -0.175. The lowest BCUT2D eigenvalue weighted by Gasteiger charge is -2.38. The lowest BCUT2D eigenvalue weighted by atomic mass is 9.81. The Labute approximate surface area is 217 Å². The fraction of sp³-hybridized carbons (Fsp3) is 0.448. The van der Waals surface area contributed by atoms with Gasteiger partial charge in [0.1, 0.15) is 5.82 Å². The molecular weight excluding hydrogens is 469 g/mol. The third-order valence-corrected chi connectivity index (χ3v) is 7.82. The third-order valence-electron chi connectivity index (χ3n) is 7.82. The second-order valence-electron chi connectivity index (χ2n) is 10.1. The molecular formula is C29H38FN5O2. The van der Waals surface area contributed by atoms with Crippen LogP contribution in [0.15, 0.2) is 43.1 Å². The Morgan fingerprint density at radius 2 is 1.92 bits per heavy atom. The number of anilines is 1. The number of nitrogens with two attached hydrogens (primary N) is 1. The van der Waals surface area contributed by atoms with Gasteiger partial charge in [0.05, 0.1) is 6.04 Å². The minimum atomic E-state index is -0.409. The van der Waals surface area contributed by atoms with Crippen molar-refractivity contribution in [1.82, 2.24) is 15.2 Å². The van der Waals surface area contributed by atoms with E-state index in [-0.39, 0.29) is 23.9 Å². The number of carbonyl (C=O) groups excluding carboxylic acids is 2. The molecule has 1 aliphatic heterocycles. The summed E-state index contributed by atoms with van der Waals surface area (Å²) in [6, 6.07) is 5.43. The van der Waals surface area contributed by atoms with Crippen LogP contribution < -0.4 is 26.9 Å². The quantitative estimate of drug-likeness (QED) is 0.462. The number of amides is 3. The number of aromatic nitrogens is 1. The monoisotopic (exact) mass is 507 g/mol. The predicted octanol–water partition coefficient (Wildman–Crippen LogP) is 3.33. The molecule has 1 unspecified atom stereocenters.